The Kier molecular flexibility index (Phi) is 2.10. The van der Waals surface area contributed by atoms with E-state index in [4.69, 9.17) is 11.6 Å². The van der Waals surface area contributed by atoms with Crippen LogP contribution in [0.1, 0.15) is 0 Å². The molecular weight excluding hydrogens is 188 g/mol. The Bertz CT molecular complexity index is 363. The van der Waals surface area contributed by atoms with E-state index < -0.39 is 9.84 Å². The molecule has 0 aromatic carbocycles. The number of rotatable bonds is 1. The van der Waals surface area contributed by atoms with E-state index in [0.29, 0.717) is 0 Å². The SMILES string of the molecule is CS(=O)(=O)c1nccc(Cl)n1. The third-order valence-corrected chi connectivity index (χ3v) is 2.00. The van der Waals surface area contributed by atoms with E-state index in [1.165, 1.54) is 12.3 Å². The second-order valence-electron chi connectivity index (χ2n) is 1.93. The summed E-state index contributed by atoms with van der Waals surface area (Å²) in [7, 11) is -3.33. The largest absolute Gasteiger partial charge is 0.248 e. The molecule has 0 amide bonds. The van der Waals surface area contributed by atoms with Gasteiger partial charge in [-0.1, -0.05) is 11.6 Å². The standard InChI is InChI=1S/C5H5ClN2O2S/c1-11(9,10)5-7-3-2-4(6)8-5/h2-3H,1H3. The summed E-state index contributed by atoms with van der Waals surface area (Å²) in [5.74, 6) is 0. The van der Waals surface area contributed by atoms with Gasteiger partial charge in [0.05, 0.1) is 0 Å². The van der Waals surface area contributed by atoms with Gasteiger partial charge in [-0.15, -0.1) is 0 Å². The Morgan fingerprint density at radius 2 is 2.18 bits per heavy atom. The fourth-order valence-electron chi connectivity index (χ4n) is 0.499. The molecular formula is C5H5ClN2O2S. The highest BCUT2D eigenvalue weighted by atomic mass is 35.5. The molecule has 11 heavy (non-hydrogen) atoms. The molecule has 0 aliphatic heterocycles. The summed E-state index contributed by atoms with van der Waals surface area (Å²) in [6.45, 7) is 0. The van der Waals surface area contributed by atoms with Crippen molar-refractivity contribution in [2.75, 3.05) is 6.26 Å². The van der Waals surface area contributed by atoms with Crippen molar-refractivity contribution in [2.45, 2.75) is 5.16 Å². The Morgan fingerprint density at radius 1 is 1.55 bits per heavy atom. The van der Waals surface area contributed by atoms with Crippen molar-refractivity contribution in [1.82, 2.24) is 9.97 Å². The summed E-state index contributed by atoms with van der Waals surface area (Å²) in [6.07, 6.45) is 2.32. The molecule has 0 radical (unpaired) electrons. The Morgan fingerprint density at radius 3 is 2.55 bits per heavy atom. The zero-order valence-corrected chi connectivity index (χ0v) is 7.22. The van der Waals surface area contributed by atoms with Crippen molar-refractivity contribution >= 4 is 21.4 Å². The van der Waals surface area contributed by atoms with Gasteiger partial charge in [-0.05, 0) is 6.07 Å². The van der Waals surface area contributed by atoms with Crippen LogP contribution in [-0.2, 0) is 9.84 Å². The maximum absolute atomic E-state index is 10.8. The first-order chi connectivity index (χ1) is 5.00. The Balaban J connectivity index is 3.28. The van der Waals surface area contributed by atoms with Gasteiger partial charge >= 0.3 is 0 Å². The van der Waals surface area contributed by atoms with Crippen LogP contribution in [0, 0.1) is 0 Å². The predicted molar refractivity (Wildman–Crippen MR) is 40.2 cm³/mol. The maximum atomic E-state index is 10.8. The molecule has 1 rings (SSSR count). The number of nitrogens with zero attached hydrogens (tertiary/aromatic N) is 2. The van der Waals surface area contributed by atoms with Gasteiger partial charge in [-0.3, -0.25) is 0 Å². The van der Waals surface area contributed by atoms with Crippen LogP contribution in [-0.4, -0.2) is 24.6 Å². The molecule has 1 aromatic heterocycles. The summed E-state index contributed by atoms with van der Waals surface area (Å²) < 4.78 is 21.6. The summed E-state index contributed by atoms with van der Waals surface area (Å²) in [5, 5.41) is -0.120. The molecule has 0 unspecified atom stereocenters. The fraction of sp³-hybridized carbons (Fsp3) is 0.200. The summed E-state index contributed by atoms with van der Waals surface area (Å²) in [4.78, 5) is 7.04. The van der Waals surface area contributed by atoms with Gasteiger partial charge in [0.25, 0.3) is 0 Å². The lowest BCUT2D eigenvalue weighted by Gasteiger charge is -1.94. The van der Waals surface area contributed by atoms with Crippen LogP contribution in [0.4, 0.5) is 0 Å². The summed E-state index contributed by atoms with van der Waals surface area (Å²) in [6, 6.07) is 1.41. The van der Waals surface area contributed by atoms with Crippen LogP contribution >= 0.6 is 11.6 Å². The highest BCUT2D eigenvalue weighted by molar-refractivity contribution is 7.90. The van der Waals surface area contributed by atoms with Gasteiger partial charge in [-0.25, -0.2) is 18.4 Å². The lowest BCUT2D eigenvalue weighted by molar-refractivity contribution is 0.593. The molecule has 0 aliphatic carbocycles. The molecule has 4 nitrogen and oxygen atoms in total. The van der Waals surface area contributed by atoms with Gasteiger partial charge < -0.3 is 0 Å². The second-order valence-corrected chi connectivity index (χ2v) is 4.23. The van der Waals surface area contributed by atoms with Crippen LogP contribution in [0.15, 0.2) is 17.4 Å². The highest BCUT2D eigenvalue weighted by Crippen LogP contribution is 2.05. The minimum Gasteiger partial charge on any atom is -0.227 e. The number of sulfone groups is 1. The summed E-state index contributed by atoms with van der Waals surface area (Å²) in [5.41, 5.74) is 0. The zero-order chi connectivity index (χ0) is 8.48. The molecule has 1 aromatic rings. The molecule has 0 spiro atoms. The van der Waals surface area contributed by atoms with Crippen LogP contribution in [0.3, 0.4) is 0 Å². The van der Waals surface area contributed by atoms with E-state index in [1.807, 2.05) is 0 Å². The van der Waals surface area contributed by atoms with Gasteiger partial charge in [-0.2, -0.15) is 0 Å². The van der Waals surface area contributed by atoms with Crippen molar-refractivity contribution in [2.24, 2.45) is 0 Å². The van der Waals surface area contributed by atoms with Crippen molar-refractivity contribution < 1.29 is 8.42 Å². The molecule has 0 saturated heterocycles. The lowest BCUT2D eigenvalue weighted by atomic mass is 10.7. The van der Waals surface area contributed by atoms with Crippen LogP contribution < -0.4 is 0 Å². The van der Waals surface area contributed by atoms with Crippen LogP contribution in [0.2, 0.25) is 5.15 Å². The van der Waals surface area contributed by atoms with Crippen molar-refractivity contribution in [3.63, 3.8) is 0 Å². The number of halogens is 1. The van der Waals surface area contributed by atoms with E-state index in [9.17, 15) is 8.42 Å². The second kappa shape index (κ2) is 2.75. The molecule has 0 fully saturated rings. The molecule has 6 heteroatoms. The molecule has 0 bridgehead atoms. The number of hydrogen-bond donors (Lipinski definition) is 0. The average molecular weight is 193 g/mol. The maximum Gasteiger partial charge on any atom is 0.248 e. The Labute approximate surface area is 69.2 Å². The van der Waals surface area contributed by atoms with E-state index in [2.05, 4.69) is 9.97 Å². The molecule has 0 saturated carbocycles. The third kappa shape index (κ3) is 2.13. The van der Waals surface area contributed by atoms with E-state index in [-0.39, 0.29) is 10.3 Å². The Hall–Kier alpha value is -0.680. The zero-order valence-electron chi connectivity index (χ0n) is 5.65. The quantitative estimate of drug-likeness (QED) is 0.481. The predicted octanol–water partition coefficient (Wildman–Crippen LogP) is 0.534. The van der Waals surface area contributed by atoms with Crippen LogP contribution in [0.25, 0.3) is 0 Å². The molecule has 0 atom stereocenters. The van der Waals surface area contributed by atoms with E-state index >= 15 is 0 Å². The molecule has 1 heterocycles. The molecule has 60 valence electrons. The average Bonchev–Trinajstić information content (AvgIpc) is 1.86. The lowest BCUT2D eigenvalue weighted by Crippen LogP contribution is -2.02. The molecule has 0 aliphatic rings. The first kappa shape index (κ1) is 8.42. The first-order valence-corrected chi connectivity index (χ1v) is 4.96. The van der Waals surface area contributed by atoms with Crippen molar-refractivity contribution in [3.8, 4) is 0 Å². The minimum absolute atomic E-state index is 0.125. The highest BCUT2D eigenvalue weighted by Gasteiger charge is 2.09. The summed E-state index contributed by atoms with van der Waals surface area (Å²) >= 11 is 5.44. The van der Waals surface area contributed by atoms with Gasteiger partial charge in [0.1, 0.15) is 5.15 Å². The smallest absolute Gasteiger partial charge is 0.227 e. The van der Waals surface area contributed by atoms with Crippen LogP contribution in [0.5, 0.6) is 0 Å². The third-order valence-electron chi connectivity index (χ3n) is 0.931. The van der Waals surface area contributed by atoms with Crippen molar-refractivity contribution in [1.29, 1.82) is 0 Å². The van der Waals surface area contributed by atoms with E-state index in [0.717, 1.165) is 6.26 Å². The van der Waals surface area contributed by atoms with E-state index in [1.54, 1.807) is 0 Å². The first-order valence-electron chi connectivity index (χ1n) is 2.69. The normalized spacial score (nSPS) is 11.5. The van der Waals surface area contributed by atoms with Gasteiger partial charge in [0.15, 0.2) is 0 Å². The van der Waals surface area contributed by atoms with Crippen molar-refractivity contribution in [3.05, 3.63) is 17.4 Å². The minimum atomic E-state index is -3.33. The fourth-order valence-corrected chi connectivity index (χ4v) is 1.20. The number of hydrogen-bond acceptors (Lipinski definition) is 4. The number of aromatic nitrogens is 2. The van der Waals surface area contributed by atoms with Gasteiger partial charge in [0.2, 0.25) is 15.0 Å². The topological polar surface area (TPSA) is 59.9 Å². The monoisotopic (exact) mass is 192 g/mol. The molecule has 0 N–H and O–H groups in total. The van der Waals surface area contributed by atoms with Gasteiger partial charge in [0, 0.05) is 12.5 Å².